The van der Waals surface area contributed by atoms with Gasteiger partial charge in [-0.1, -0.05) is 306 Å². The second kappa shape index (κ2) is 78.2. The molecule has 0 fully saturated rings. The molecule has 0 aromatic rings. The summed E-state index contributed by atoms with van der Waals surface area (Å²) in [5, 5.41) is 20.6. The van der Waals surface area contributed by atoms with Crippen molar-refractivity contribution in [2.45, 2.75) is 309 Å². The van der Waals surface area contributed by atoms with E-state index in [-0.39, 0.29) is 19.3 Å². The predicted molar refractivity (Wildman–Crippen MR) is 435 cm³/mol. The van der Waals surface area contributed by atoms with Crippen molar-refractivity contribution in [2.75, 3.05) is 39.6 Å². The summed E-state index contributed by atoms with van der Waals surface area (Å²) in [6, 6.07) is 0. The van der Waals surface area contributed by atoms with Crippen molar-refractivity contribution in [1.82, 2.24) is 0 Å². The third kappa shape index (κ3) is 79.5. The number of unbranched alkanes of at least 4 members (excludes halogenated alkanes) is 21. The minimum atomic E-state index is -4.97. The average Bonchev–Trinajstić information content (AvgIpc) is 0.915. The highest BCUT2D eigenvalue weighted by Gasteiger charge is 2.29. The molecule has 105 heavy (non-hydrogen) atoms. The SMILES string of the molecule is CC/C=C\C/C=C\C/C=C\C/C=C\C/C=C\C/C=C\CCC(=O)OCC(COP(=O)(O)OCC(O)COP(=O)(O)OCC(O)COC(=O)CCCCCCCCCCCCCCCCC/C=C\C/C=C\C/C=C\C/C=C\CCCCC)OC(=O)CCCCC/C=C\C/C=C\C/C=C\C/C=C\C/C=C\CC. The Morgan fingerprint density at radius 2 is 0.524 bits per heavy atom. The third-order valence-corrected chi connectivity index (χ3v) is 18.0. The summed E-state index contributed by atoms with van der Waals surface area (Å²) < 4.78 is 61.0. The first-order valence-corrected chi connectivity index (χ1v) is 43.1. The Morgan fingerprint density at radius 1 is 0.276 bits per heavy atom. The lowest BCUT2D eigenvalue weighted by molar-refractivity contribution is -0.161. The van der Waals surface area contributed by atoms with Crippen LogP contribution in [0.15, 0.2) is 182 Å². The van der Waals surface area contributed by atoms with Crippen LogP contribution in [0.2, 0.25) is 0 Å². The molecule has 4 N–H and O–H groups in total. The van der Waals surface area contributed by atoms with Gasteiger partial charge in [0, 0.05) is 19.3 Å². The van der Waals surface area contributed by atoms with Crippen LogP contribution < -0.4 is 0 Å². The number of ether oxygens (including phenoxy) is 3. The van der Waals surface area contributed by atoms with Crippen LogP contribution in [0.25, 0.3) is 0 Å². The van der Waals surface area contributed by atoms with Gasteiger partial charge in [-0.3, -0.25) is 32.5 Å². The highest BCUT2D eigenvalue weighted by atomic mass is 31.2. The second-order valence-corrected chi connectivity index (χ2v) is 29.0. The van der Waals surface area contributed by atoms with E-state index >= 15 is 0 Å². The van der Waals surface area contributed by atoms with E-state index < -0.39 is 91.5 Å². The van der Waals surface area contributed by atoms with Gasteiger partial charge in [0.1, 0.15) is 25.4 Å². The number of esters is 3. The molecule has 0 aromatic heterocycles. The first-order valence-electron chi connectivity index (χ1n) is 40.1. The lowest BCUT2D eigenvalue weighted by atomic mass is 10.0. The molecule has 5 unspecified atom stereocenters. The summed E-state index contributed by atoms with van der Waals surface area (Å²) in [6.45, 7) is 2.28. The number of aliphatic hydroxyl groups excluding tert-OH is 2. The lowest BCUT2D eigenvalue weighted by Gasteiger charge is -2.21. The number of phosphoric acid groups is 2. The standard InChI is InChI=1S/C87H142O16P2/c1-4-7-10-13-16-19-22-25-28-31-34-35-36-37-38-39-40-41-42-43-44-45-48-50-52-55-58-61-64-67-70-73-85(90)97-76-82(88)77-99-104(93,94)100-78-83(89)79-101-105(95,96)102-81-84(103-87(92)75-72-69-66-63-60-57-54-51-47-33-30-27-24-21-18-15-12-9-6-3)80-98-86(91)74-71-68-65-62-59-56-53-49-46-32-29-26-23-20-17-14-11-8-5-2/h8-9,11-12,16-21,25-30,34-35,37-38,46-47,49,51,56-57,59-60,65,68,82-84,88-89H,4-7,10,13-15,22-24,31-33,36,39-45,48,50,52-55,58,61-64,66-67,69-81H2,1-3H3,(H,93,94)(H,95,96)/b11-8-,12-9-,19-16-,20-17-,21-18-,28-25-,29-26-,30-27-,35-34-,38-37-,49-46-,51-47-,59-56-,60-57-,68-65-. The summed E-state index contributed by atoms with van der Waals surface area (Å²) in [6.07, 6.45) is 101. The van der Waals surface area contributed by atoms with Crippen molar-refractivity contribution < 1.29 is 75.8 Å². The molecule has 18 heteroatoms. The Labute approximate surface area is 636 Å². The zero-order chi connectivity index (χ0) is 76.6. The molecule has 0 radical (unpaired) electrons. The first-order chi connectivity index (χ1) is 51.2. The van der Waals surface area contributed by atoms with E-state index in [1.807, 2.05) is 18.2 Å². The Morgan fingerprint density at radius 3 is 0.867 bits per heavy atom. The maximum atomic E-state index is 13.0. The zero-order valence-corrected chi connectivity index (χ0v) is 66.9. The van der Waals surface area contributed by atoms with E-state index in [1.165, 1.54) is 103 Å². The maximum absolute atomic E-state index is 13.0. The Kier molecular flexibility index (Phi) is 74.3. The smallest absolute Gasteiger partial charge is 0.463 e. The topological polar surface area (TPSA) is 231 Å². The summed E-state index contributed by atoms with van der Waals surface area (Å²) in [7, 11) is -9.84. The molecule has 0 spiro atoms. The molecule has 0 saturated heterocycles. The van der Waals surface area contributed by atoms with Crippen LogP contribution in [0.3, 0.4) is 0 Å². The average molecular weight is 1510 g/mol. The molecule has 596 valence electrons. The minimum Gasteiger partial charge on any atom is -0.463 e. The fraction of sp³-hybridized carbons (Fsp3) is 0.621. The van der Waals surface area contributed by atoms with Gasteiger partial charge in [0.25, 0.3) is 0 Å². The van der Waals surface area contributed by atoms with E-state index in [4.69, 9.17) is 32.3 Å². The number of aliphatic hydroxyl groups is 2. The van der Waals surface area contributed by atoms with Crippen molar-refractivity contribution in [3.63, 3.8) is 0 Å². The molecule has 0 rings (SSSR count). The predicted octanol–water partition coefficient (Wildman–Crippen LogP) is 23.8. The molecule has 0 bridgehead atoms. The molecule has 0 aliphatic rings. The molecule has 0 saturated carbocycles. The van der Waals surface area contributed by atoms with Crippen LogP contribution in [-0.2, 0) is 55.8 Å². The van der Waals surface area contributed by atoms with Gasteiger partial charge in [-0.2, -0.15) is 0 Å². The molecule has 0 aliphatic carbocycles. The number of hydrogen-bond donors (Lipinski definition) is 4. The van der Waals surface area contributed by atoms with Crippen LogP contribution in [0.1, 0.15) is 290 Å². The molecule has 16 nitrogen and oxygen atoms in total. The van der Waals surface area contributed by atoms with Crippen LogP contribution in [0, 0.1) is 0 Å². The maximum Gasteiger partial charge on any atom is 0.472 e. The third-order valence-electron chi connectivity index (χ3n) is 16.1. The minimum absolute atomic E-state index is 0.0303. The lowest BCUT2D eigenvalue weighted by Crippen LogP contribution is -2.30. The number of phosphoric ester groups is 2. The monoisotopic (exact) mass is 1500 g/mol. The molecule has 0 aliphatic heterocycles. The van der Waals surface area contributed by atoms with Gasteiger partial charge >= 0.3 is 33.6 Å². The summed E-state index contributed by atoms with van der Waals surface area (Å²) in [4.78, 5) is 58.6. The number of hydrogen-bond acceptors (Lipinski definition) is 14. The number of carbonyl (C=O) groups is 3. The van der Waals surface area contributed by atoms with Crippen molar-refractivity contribution in [3.8, 4) is 0 Å². The van der Waals surface area contributed by atoms with Crippen LogP contribution in [0.4, 0.5) is 0 Å². The van der Waals surface area contributed by atoms with Gasteiger partial charge in [-0.25, -0.2) is 9.13 Å². The second-order valence-electron chi connectivity index (χ2n) is 26.1. The quantitative estimate of drug-likeness (QED) is 0.0146. The molecular formula is C87H142O16P2. The van der Waals surface area contributed by atoms with Gasteiger partial charge in [0.15, 0.2) is 6.10 Å². The van der Waals surface area contributed by atoms with Gasteiger partial charge in [-0.05, 0) is 148 Å². The van der Waals surface area contributed by atoms with Crippen molar-refractivity contribution in [2.24, 2.45) is 0 Å². The summed E-state index contributed by atoms with van der Waals surface area (Å²) in [5.74, 6) is -1.72. The van der Waals surface area contributed by atoms with Crippen LogP contribution in [-0.4, -0.2) is 95.9 Å². The van der Waals surface area contributed by atoms with Crippen LogP contribution in [0.5, 0.6) is 0 Å². The molecular weight excluding hydrogens is 1360 g/mol. The van der Waals surface area contributed by atoms with Gasteiger partial charge in [0.2, 0.25) is 0 Å². The highest BCUT2D eigenvalue weighted by Crippen LogP contribution is 2.45. The van der Waals surface area contributed by atoms with E-state index in [1.54, 1.807) is 0 Å². The van der Waals surface area contributed by atoms with E-state index in [0.717, 1.165) is 122 Å². The fourth-order valence-electron chi connectivity index (χ4n) is 10.1. The molecule has 0 heterocycles. The Hall–Kier alpha value is -5.35. The molecule has 0 amide bonds. The van der Waals surface area contributed by atoms with Crippen molar-refractivity contribution in [1.29, 1.82) is 0 Å². The van der Waals surface area contributed by atoms with E-state index in [9.17, 15) is 43.5 Å². The van der Waals surface area contributed by atoms with Crippen molar-refractivity contribution >= 4 is 33.6 Å². The molecule has 5 atom stereocenters. The van der Waals surface area contributed by atoms with Crippen LogP contribution >= 0.6 is 15.6 Å². The fourth-order valence-corrected chi connectivity index (χ4v) is 11.7. The van der Waals surface area contributed by atoms with Gasteiger partial charge in [0.05, 0.1) is 26.4 Å². The van der Waals surface area contributed by atoms with E-state index in [2.05, 4.69) is 185 Å². The number of allylic oxidation sites excluding steroid dienone is 30. The normalized spacial score (nSPS) is 14.9. The number of carbonyl (C=O) groups excluding carboxylic acids is 3. The largest absolute Gasteiger partial charge is 0.472 e. The Balaban J connectivity index is 4.62. The van der Waals surface area contributed by atoms with Gasteiger partial charge in [-0.15, -0.1) is 0 Å². The summed E-state index contributed by atoms with van der Waals surface area (Å²) >= 11 is 0. The van der Waals surface area contributed by atoms with E-state index in [0.29, 0.717) is 25.7 Å². The highest BCUT2D eigenvalue weighted by molar-refractivity contribution is 7.47. The summed E-state index contributed by atoms with van der Waals surface area (Å²) in [5.41, 5.74) is 0. The first kappa shape index (κ1) is 99.7. The number of rotatable bonds is 74. The molecule has 0 aromatic carbocycles. The Bertz CT molecular complexity index is 2640. The van der Waals surface area contributed by atoms with Gasteiger partial charge < -0.3 is 34.2 Å². The van der Waals surface area contributed by atoms with Crippen molar-refractivity contribution in [3.05, 3.63) is 182 Å². The zero-order valence-electron chi connectivity index (χ0n) is 65.1.